The van der Waals surface area contributed by atoms with Crippen LogP contribution in [0.3, 0.4) is 0 Å². The molecule has 0 aliphatic heterocycles. The minimum Gasteiger partial charge on any atom is -0.395 e. The number of nitrogens with zero attached hydrogens (tertiary/aromatic N) is 1. The molecule has 0 spiro atoms. The number of aliphatic hydroxyl groups excluding tert-OH is 1. The van der Waals surface area contributed by atoms with Crippen molar-refractivity contribution in [3.8, 4) is 0 Å². The predicted octanol–water partition coefficient (Wildman–Crippen LogP) is 1.35. The van der Waals surface area contributed by atoms with Gasteiger partial charge in [0.25, 0.3) is 0 Å². The zero-order chi connectivity index (χ0) is 12.3. The van der Waals surface area contributed by atoms with Gasteiger partial charge in [-0.1, -0.05) is 12.1 Å². The number of hydrogen-bond acceptors (Lipinski definition) is 2. The number of carbonyl (C=O) groups excluding carboxylic acids is 1. The fraction of sp³-hybridized carbons (Fsp3) is 0.462. The van der Waals surface area contributed by atoms with Crippen LogP contribution in [0.5, 0.6) is 0 Å². The molecule has 1 saturated carbocycles. The quantitative estimate of drug-likeness (QED) is 0.839. The Kier molecular flexibility index (Phi) is 3.74. The fourth-order valence-electron chi connectivity index (χ4n) is 1.93. The molecule has 1 fully saturated rings. The second kappa shape index (κ2) is 5.27. The van der Waals surface area contributed by atoms with Gasteiger partial charge in [-0.15, -0.1) is 0 Å². The number of carbonyl (C=O) groups is 1. The van der Waals surface area contributed by atoms with E-state index in [2.05, 4.69) is 0 Å². The molecule has 1 N–H and O–H groups in total. The molecule has 1 aromatic rings. The Morgan fingerprint density at radius 2 is 2.24 bits per heavy atom. The van der Waals surface area contributed by atoms with E-state index in [1.807, 2.05) is 0 Å². The lowest BCUT2D eigenvalue weighted by Gasteiger charge is -2.21. The van der Waals surface area contributed by atoms with Crippen LogP contribution in [0, 0.1) is 5.82 Å². The van der Waals surface area contributed by atoms with E-state index in [1.54, 1.807) is 17.0 Å². The molecule has 1 aliphatic rings. The maximum absolute atomic E-state index is 13.0. The van der Waals surface area contributed by atoms with Gasteiger partial charge in [-0.3, -0.25) is 4.79 Å². The van der Waals surface area contributed by atoms with Gasteiger partial charge >= 0.3 is 0 Å². The van der Waals surface area contributed by atoms with E-state index in [0.29, 0.717) is 12.1 Å². The molecule has 1 aromatic carbocycles. The smallest absolute Gasteiger partial charge is 0.227 e. The average Bonchev–Trinajstić information content (AvgIpc) is 3.09. The second-order valence-corrected chi connectivity index (χ2v) is 4.35. The van der Waals surface area contributed by atoms with E-state index in [9.17, 15) is 9.18 Å². The Labute approximate surface area is 99.9 Å². The zero-order valence-electron chi connectivity index (χ0n) is 9.60. The van der Waals surface area contributed by atoms with Gasteiger partial charge in [0.05, 0.1) is 13.0 Å². The molecule has 17 heavy (non-hydrogen) atoms. The second-order valence-electron chi connectivity index (χ2n) is 4.35. The van der Waals surface area contributed by atoms with Crippen molar-refractivity contribution in [1.82, 2.24) is 4.90 Å². The molecular weight excluding hydrogens is 221 g/mol. The Hall–Kier alpha value is -1.42. The van der Waals surface area contributed by atoms with E-state index in [1.165, 1.54) is 12.1 Å². The number of aliphatic hydroxyl groups is 1. The summed E-state index contributed by atoms with van der Waals surface area (Å²) in [5, 5.41) is 8.92. The highest BCUT2D eigenvalue weighted by Crippen LogP contribution is 2.27. The van der Waals surface area contributed by atoms with Gasteiger partial charge < -0.3 is 10.0 Å². The molecule has 4 heteroatoms. The largest absolute Gasteiger partial charge is 0.395 e. The zero-order valence-corrected chi connectivity index (χ0v) is 9.60. The van der Waals surface area contributed by atoms with E-state index in [4.69, 9.17) is 5.11 Å². The molecule has 1 aliphatic carbocycles. The van der Waals surface area contributed by atoms with Crippen molar-refractivity contribution in [2.45, 2.75) is 25.3 Å². The number of hydrogen-bond donors (Lipinski definition) is 1. The van der Waals surface area contributed by atoms with E-state index in [0.717, 1.165) is 12.8 Å². The molecule has 0 unspecified atom stereocenters. The molecule has 0 saturated heterocycles. The molecule has 1 amide bonds. The summed E-state index contributed by atoms with van der Waals surface area (Å²) >= 11 is 0. The lowest BCUT2D eigenvalue weighted by molar-refractivity contribution is -0.131. The Bertz CT molecular complexity index is 404. The molecule has 0 radical (unpaired) electrons. The van der Waals surface area contributed by atoms with Crippen LogP contribution in [-0.4, -0.2) is 35.1 Å². The van der Waals surface area contributed by atoms with Crippen molar-refractivity contribution in [2.24, 2.45) is 0 Å². The van der Waals surface area contributed by atoms with Gasteiger partial charge in [0.15, 0.2) is 0 Å². The first-order valence-electron chi connectivity index (χ1n) is 5.85. The molecule has 0 heterocycles. The normalized spacial score (nSPS) is 14.7. The van der Waals surface area contributed by atoms with Gasteiger partial charge in [-0.05, 0) is 30.5 Å². The molecule has 0 atom stereocenters. The first-order chi connectivity index (χ1) is 8.20. The highest BCUT2D eigenvalue weighted by atomic mass is 19.1. The van der Waals surface area contributed by atoms with Crippen LogP contribution in [0.25, 0.3) is 0 Å². The Morgan fingerprint density at radius 1 is 1.47 bits per heavy atom. The lowest BCUT2D eigenvalue weighted by atomic mass is 10.1. The van der Waals surface area contributed by atoms with Crippen molar-refractivity contribution < 1.29 is 14.3 Å². The van der Waals surface area contributed by atoms with Gasteiger partial charge in [-0.25, -0.2) is 4.39 Å². The first-order valence-corrected chi connectivity index (χ1v) is 5.85. The highest BCUT2D eigenvalue weighted by molar-refractivity contribution is 5.79. The summed E-state index contributed by atoms with van der Waals surface area (Å²) in [7, 11) is 0. The maximum atomic E-state index is 13.0. The summed E-state index contributed by atoms with van der Waals surface area (Å²) in [6, 6.07) is 6.36. The molecule has 92 valence electrons. The van der Waals surface area contributed by atoms with Crippen LogP contribution in [0.4, 0.5) is 4.39 Å². The monoisotopic (exact) mass is 237 g/mol. The van der Waals surface area contributed by atoms with Crippen molar-refractivity contribution in [3.63, 3.8) is 0 Å². The Morgan fingerprint density at radius 3 is 2.82 bits per heavy atom. The third-order valence-electron chi connectivity index (χ3n) is 2.89. The van der Waals surface area contributed by atoms with Gasteiger partial charge in [0.2, 0.25) is 5.91 Å². The molecule has 2 rings (SSSR count). The topological polar surface area (TPSA) is 40.5 Å². The third-order valence-corrected chi connectivity index (χ3v) is 2.89. The summed E-state index contributed by atoms with van der Waals surface area (Å²) in [6.07, 6.45) is 2.22. The summed E-state index contributed by atoms with van der Waals surface area (Å²) in [5.74, 6) is -0.359. The molecule has 0 aromatic heterocycles. The Balaban J connectivity index is 1.99. The van der Waals surface area contributed by atoms with Crippen molar-refractivity contribution in [1.29, 1.82) is 0 Å². The SMILES string of the molecule is O=C(Cc1cccc(F)c1)N(CCO)C1CC1. The molecular formula is C13H16FNO2. The van der Waals surface area contributed by atoms with E-state index >= 15 is 0 Å². The maximum Gasteiger partial charge on any atom is 0.227 e. The number of amides is 1. The van der Waals surface area contributed by atoms with Crippen LogP contribution in [0.1, 0.15) is 18.4 Å². The van der Waals surface area contributed by atoms with Crippen LogP contribution in [0.15, 0.2) is 24.3 Å². The summed E-state index contributed by atoms with van der Waals surface area (Å²) in [4.78, 5) is 13.7. The predicted molar refractivity (Wildman–Crippen MR) is 61.9 cm³/mol. The molecule has 3 nitrogen and oxygen atoms in total. The third kappa shape index (κ3) is 3.27. The van der Waals surface area contributed by atoms with Crippen LogP contribution < -0.4 is 0 Å². The minimum atomic E-state index is -0.324. The summed E-state index contributed by atoms with van der Waals surface area (Å²) in [6.45, 7) is 0.351. The number of halogens is 1. The molecule has 0 bridgehead atoms. The van der Waals surface area contributed by atoms with E-state index < -0.39 is 0 Å². The fourth-order valence-corrected chi connectivity index (χ4v) is 1.93. The van der Waals surface area contributed by atoms with Gasteiger partial charge in [0, 0.05) is 12.6 Å². The van der Waals surface area contributed by atoms with Crippen LogP contribution in [-0.2, 0) is 11.2 Å². The first kappa shape index (κ1) is 12.0. The summed E-state index contributed by atoms with van der Waals surface area (Å²) < 4.78 is 13.0. The van der Waals surface area contributed by atoms with E-state index in [-0.39, 0.29) is 30.8 Å². The standard InChI is InChI=1S/C13H16FNO2/c14-11-3-1-2-10(8-11)9-13(17)15(6-7-16)12-4-5-12/h1-3,8,12,16H,4-7,9H2. The van der Waals surface area contributed by atoms with Crippen molar-refractivity contribution >= 4 is 5.91 Å². The van der Waals surface area contributed by atoms with Crippen molar-refractivity contribution in [3.05, 3.63) is 35.6 Å². The average molecular weight is 237 g/mol. The highest BCUT2D eigenvalue weighted by Gasteiger charge is 2.31. The van der Waals surface area contributed by atoms with Gasteiger partial charge in [0.1, 0.15) is 5.82 Å². The summed E-state index contributed by atoms with van der Waals surface area (Å²) in [5.41, 5.74) is 0.679. The van der Waals surface area contributed by atoms with Crippen molar-refractivity contribution in [2.75, 3.05) is 13.2 Å². The van der Waals surface area contributed by atoms with Crippen LogP contribution >= 0.6 is 0 Å². The minimum absolute atomic E-state index is 0.0224. The van der Waals surface area contributed by atoms with Crippen LogP contribution in [0.2, 0.25) is 0 Å². The number of benzene rings is 1. The lowest BCUT2D eigenvalue weighted by Crippen LogP contribution is -2.36. The number of rotatable bonds is 5. The van der Waals surface area contributed by atoms with Gasteiger partial charge in [-0.2, -0.15) is 0 Å².